The zero-order valence-corrected chi connectivity index (χ0v) is 9.44. The second-order valence-electron chi connectivity index (χ2n) is 2.74. The summed E-state index contributed by atoms with van der Waals surface area (Å²) in [7, 11) is 0. The Morgan fingerprint density at radius 1 is 1.31 bits per heavy atom. The third kappa shape index (κ3) is 4.47. The fraction of sp³-hybridized carbons (Fsp3) is 0.111. The highest BCUT2D eigenvalue weighted by Crippen LogP contribution is 1.80. The van der Waals surface area contributed by atoms with Gasteiger partial charge in [0, 0.05) is 6.92 Å². The van der Waals surface area contributed by atoms with Crippen LogP contribution in [0.1, 0.15) is 6.92 Å². The zero-order chi connectivity index (χ0) is 11.8. The van der Waals surface area contributed by atoms with Crippen LogP contribution in [0, 0.1) is 4.77 Å². The molecule has 0 spiro atoms. The molecule has 0 unspecified atom stereocenters. The zero-order valence-electron chi connectivity index (χ0n) is 8.62. The molecule has 7 heteroatoms. The lowest BCUT2D eigenvalue weighted by Crippen LogP contribution is -2.21. The van der Waals surface area contributed by atoms with E-state index in [2.05, 4.69) is 33.2 Å². The van der Waals surface area contributed by atoms with Gasteiger partial charge in [-0.1, -0.05) is 41.5 Å². The van der Waals surface area contributed by atoms with E-state index in [1.54, 1.807) is 0 Å². The molecule has 0 saturated carbocycles. The van der Waals surface area contributed by atoms with E-state index < -0.39 is 0 Å². The van der Waals surface area contributed by atoms with Crippen LogP contribution in [0.3, 0.4) is 0 Å². The molecule has 0 aliphatic rings. The lowest BCUT2D eigenvalue weighted by Gasteiger charge is -1.96. The highest BCUT2D eigenvalue weighted by Gasteiger charge is 1.94. The van der Waals surface area contributed by atoms with Crippen LogP contribution in [0.5, 0.6) is 0 Å². The summed E-state index contributed by atoms with van der Waals surface area (Å²) in [6.45, 7) is 1.36. The number of aromatic nitrogens is 4. The molecule has 1 amide bonds. The molecule has 1 aromatic heterocycles. The Hall–Kier alpha value is -2.02. The van der Waals surface area contributed by atoms with Gasteiger partial charge in [0.2, 0.25) is 5.91 Å². The molecule has 1 aromatic carbocycles. The molecule has 0 fully saturated rings. The minimum atomic E-state index is -0.234. The van der Waals surface area contributed by atoms with Gasteiger partial charge in [-0.25, -0.2) is 5.43 Å². The van der Waals surface area contributed by atoms with E-state index in [-0.39, 0.29) is 10.7 Å². The average molecular weight is 237 g/mol. The van der Waals surface area contributed by atoms with Gasteiger partial charge in [-0.3, -0.25) is 4.79 Å². The van der Waals surface area contributed by atoms with Gasteiger partial charge in [-0.2, -0.15) is 5.21 Å². The van der Waals surface area contributed by atoms with Gasteiger partial charge < -0.3 is 0 Å². The summed E-state index contributed by atoms with van der Waals surface area (Å²) in [6, 6.07) is 12.0. The summed E-state index contributed by atoms with van der Waals surface area (Å²) in [5.74, 6) is -0.234. The minimum absolute atomic E-state index is 0.190. The second-order valence-corrected chi connectivity index (χ2v) is 3.11. The molecule has 0 bridgehead atoms. The van der Waals surface area contributed by atoms with Crippen molar-refractivity contribution in [1.29, 1.82) is 0 Å². The SMILES string of the molecule is CC(=O)Nn1[nH]nnc1=S.c1ccccc1. The first kappa shape index (κ1) is 12.1. The van der Waals surface area contributed by atoms with Gasteiger partial charge >= 0.3 is 0 Å². The largest absolute Gasteiger partial charge is 0.274 e. The van der Waals surface area contributed by atoms with E-state index in [0.717, 1.165) is 4.79 Å². The number of tetrazole rings is 1. The van der Waals surface area contributed by atoms with E-state index in [4.69, 9.17) is 0 Å². The standard InChI is InChI=1S/C6H6.C3H5N5OS/c1-2-4-6-5-3-1;1-2(9)5-8-3(10)4-6-7-8/h1-6H;1H3,(H,5,9)(H,4,7,10). The van der Waals surface area contributed by atoms with Crippen molar-refractivity contribution in [2.24, 2.45) is 0 Å². The molecular formula is C9H11N5OS. The van der Waals surface area contributed by atoms with Crippen molar-refractivity contribution in [3.8, 4) is 0 Å². The quantitative estimate of drug-likeness (QED) is 0.728. The molecule has 0 atom stereocenters. The number of carbonyl (C=O) groups is 1. The summed E-state index contributed by atoms with van der Waals surface area (Å²) in [6.07, 6.45) is 0. The Balaban J connectivity index is 0.000000181. The van der Waals surface area contributed by atoms with Crippen molar-refractivity contribution >= 4 is 18.1 Å². The van der Waals surface area contributed by atoms with E-state index in [1.165, 1.54) is 6.92 Å². The van der Waals surface area contributed by atoms with Gasteiger partial charge in [0.15, 0.2) is 0 Å². The normalized spacial score (nSPS) is 8.81. The van der Waals surface area contributed by atoms with Gasteiger partial charge in [-0.05, 0) is 17.4 Å². The van der Waals surface area contributed by atoms with E-state index in [9.17, 15) is 4.79 Å². The number of H-pyrrole nitrogens is 1. The molecule has 6 nitrogen and oxygen atoms in total. The summed E-state index contributed by atoms with van der Waals surface area (Å²) < 4.78 is 0.190. The molecular weight excluding hydrogens is 226 g/mol. The Morgan fingerprint density at radius 3 is 2.12 bits per heavy atom. The van der Waals surface area contributed by atoms with Gasteiger partial charge in [0.1, 0.15) is 0 Å². The number of nitrogens with zero attached hydrogens (tertiary/aromatic N) is 3. The Morgan fingerprint density at radius 2 is 1.81 bits per heavy atom. The van der Waals surface area contributed by atoms with Gasteiger partial charge in [-0.15, -0.1) is 4.79 Å². The van der Waals surface area contributed by atoms with Crippen LogP contribution in [-0.4, -0.2) is 26.2 Å². The molecule has 0 radical (unpaired) electrons. The molecule has 0 aliphatic heterocycles. The third-order valence-corrected chi connectivity index (χ3v) is 1.67. The van der Waals surface area contributed by atoms with Crippen molar-refractivity contribution < 1.29 is 4.79 Å². The number of benzene rings is 1. The number of amides is 1. The predicted octanol–water partition coefficient (Wildman–Crippen LogP) is 1.11. The highest BCUT2D eigenvalue weighted by molar-refractivity contribution is 7.71. The molecule has 84 valence electrons. The third-order valence-electron chi connectivity index (χ3n) is 1.41. The molecule has 2 rings (SSSR count). The van der Waals surface area contributed by atoms with E-state index in [0.29, 0.717) is 0 Å². The first-order valence-electron chi connectivity index (χ1n) is 4.48. The Bertz CT molecular complexity index is 451. The van der Waals surface area contributed by atoms with Crippen molar-refractivity contribution in [2.75, 3.05) is 5.43 Å². The number of rotatable bonds is 1. The smallest absolute Gasteiger partial charge is 0.258 e. The van der Waals surface area contributed by atoms with Crippen molar-refractivity contribution in [1.82, 2.24) is 20.3 Å². The number of carbonyl (C=O) groups excluding carboxylic acids is 1. The number of hydrogen-bond acceptors (Lipinski definition) is 4. The maximum Gasteiger partial charge on any atom is 0.258 e. The van der Waals surface area contributed by atoms with Crippen LogP contribution in [0.25, 0.3) is 0 Å². The lowest BCUT2D eigenvalue weighted by atomic mass is 10.4. The number of hydrogen-bond donors (Lipinski definition) is 2. The molecule has 2 N–H and O–H groups in total. The summed E-state index contributed by atoms with van der Waals surface area (Å²) >= 11 is 4.65. The Kier molecular flexibility index (Phi) is 4.87. The molecule has 1 heterocycles. The van der Waals surface area contributed by atoms with Gasteiger partial charge in [0.05, 0.1) is 0 Å². The van der Waals surface area contributed by atoms with Crippen LogP contribution >= 0.6 is 12.2 Å². The maximum absolute atomic E-state index is 10.4. The first-order chi connectivity index (χ1) is 7.70. The fourth-order valence-electron chi connectivity index (χ4n) is 0.813. The van der Waals surface area contributed by atoms with Crippen molar-refractivity contribution in [3.63, 3.8) is 0 Å². The van der Waals surface area contributed by atoms with Crippen LogP contribution in [0.2, 0.25) is 0 Å². The van der Waals surface area contributed by atoms with Crippen LogP contribution < -0.4 is 5.43 Å². The number of aromatic amines is 1. The van der Waals surface area contributed by atoms with Crippen LogP contribution in [-0.2, 0) is 4.79 Å². The first-order valence-corrected chi connectivity index (χ1v) is 4.88. The van der Waals surface area contributed by atoms with Crippen molar-refractivity contribution in [2.45, 2.75) is 6.92 Å². The summed E-state index contributed by atoms with van der Waals surface area (Å²) in [4.78, 5) is 11.6. The lowest BCUT2D eigenvalue weighted by molar-refractivity contribution is -0.115. The Labute approximate surface area is 97.2 Å². The van der Waals surface area contributed by atoms with E-state index in [1.807, 2.05) is 36.4 Å². The average Bonchev–Trinajstić information content (AvgIpc) is 2.67. The van der Waals surface area contributed by atoms with E-state index >= 15 is 0 Å². The predicted molar refractivity (Wildman–Crippen MR) is 61.7 cm³/mol. The molecule has 2 aromatic rings. The minimum Gasteiger partial charge on any atom is -0.274 e. The van der Waals surface area contributed by atoms with Crippen LogP contribution in [0.15, 0.2) is 36.4 Å². The molecule has 0 saturated heterocycles. The van der Waals surface area contributed by atoms with Gasteiger partial charge in [0.25, 0.3) is 4.77 Å². The summed E-state index contributed by atoms with van der Waals surface area (Å²) in [5.41, 5.74) is 2.35. The molecule has 16 heavy (non-hydrogen) atoms. The molecule has 0 aliphatic carbocycles. The maximum atomic E-state index is 10.4. The van der Waals surface area contributed by atoms with Crippen LogP contribution in [0.4, 0.5) is 0 Å². The highest BCUT2D eigenvalue weighted by atomic mass is 32.1. The van der Waals surface area contributed by atoms with Crippen molar-refractivity contribution in [3.05, 3.63) is 41.2 Å². The fourth-order valence-corrected chi connectivity index (χ4v) is 0.940. The topological polar surface area (TPSA) is 75.6 Å². The monoisotopic (exact) mass is 237 g/mol. The number of nitrogens with one attached hydrogen (secondary N) is 2. The second kappa shape index (κ2) is 6.46. The summed E-state index contributed by atoms with van der Waals surface area (Å²) in [5, 5.41) is 9.13.